The van der Waals surface area contributed by atoms with Gasteiger partial charge in [0.05, 0.1) is 17.2 Å². The molecule has 0 fully saturated rings. The molecule has 0 aliphatic heterocycles. The van der Waals surface area contributed by atoms with Crippen molar-refractivity contribution < 1.29 is 18.7 Å². The third-order valence-corrected chi connectivity index (χ3v) is 3.92. The molecule has 19 heavy (non-hydrogen) atoms. The first-order chi connectivity index (χ1) is 8.86. The van der Waals surface area contributed by atoms with Crippen molar-refractivity contribution in [2.75, 3.05) is 6.61 Å². The third kappa shape index (κ3) is 4.37. The van der Waals surface area contributed by atoms with Crippen LogP contribution in [0.4, 0.5) is 4.39 Å². The fourth-order valence-corrected chi connectivity index (χ4v) is 2.60. The highest BCUT2D eigenvalue weighted by atomic mass is 35.5. The number of esters is 1. The van der Waals surface area contributed by atoms with Gasteiger partial charge in [0.1, 0.15) is 11.1 Å². The van der Waals surface area contributed by atoms with Crippen LogP contribution in [0.5, 0.6) is 0 Å². The number of thioether (sulfide) groups is 1. The van der Waals surface area contributed by atoms with E-state index in [1.165, 1.54) is 6.07 Å². The van der Waals surface area contributed by atoms with Crippen LogP contribution < -0.4 is 0 Å². The summed E-state index contributed by atoms with van der Waals surface area (Å²) < 4.78 is 18.3. The van der Waals surface area contributed by atoms with Crippen molar-refractivity contribution in [1.29, 1.82) is 0 Å². The molecule has 0 heterocycles. The van der Waals surface area contributed by atoms with Crippen molar-refractivity contribution >= 4 is 46.2 Å². The van der Waals surface area contributed by atoms with Crippen molar-refractivity contribution in [3.8, 4) is 0 Å². The molecular formula is C12H11Cl2FO3S. The van der Waals surface area contributed by atoms with Gasteiger partial charge in [0.25, 0.3) is 5.24 Å². The van der Waals surface area contributed by atoms with E-state index in [1.807, 2.05) is 0 Å². The predicted molar refractivity (Wildman–Crippen MR) is 73.5 cm³/mol. The maximum absolute atomic E-state index is 13.4. The standard InChI is InChI=1S/C12H11Cl2FO3S/c1-3-18-12(17)6(2)19-10-4-7(11(14)16)9(15)5-8(10)13/h4-6H,3H2,1-2H3. The van der Waals surface area contributed by atoms with Crippen LogP contribution in [0, 0.1) is 5.82 Å². The van der Waals surface area contributed by atoms with Crippen LogP contribution >= 0.6 is 35.0 Å². The monoisotopic (exact) mass is 324 g/mol. The minimum Gasteiger partial charge on any atom is -0.465 e. The maximum Gasteiger partial charge on any atom is 0.319 e. The molecule has 0 amide bonds. The summed E-state index contributed by atoms with van der Waals surface area (Å²) >= 11 is 12.2. The zero-order valence-electron chi connectivity index (χ0n) is 10.2. The summed E-state index contributed by atoms with van der Waals surface area (Å²) in [5.41, 5.74) is -0.273. The molecule has 3 nitrogen and oxygen atoms in total. The summed E-state index contributed by atoms with van der Waals surface area (Å²) in [5, 5.41) is -1.33. The van der Waals surface area contributed by atoms with E-state index in [1.54, 1.807) is 13.8 Å². The third-order valence-electron chi connectivity index (χ3n) is 2.16. The number of halogens is 3. The molecule has 1 aromatic rings. The highest BCUT2D eigenvalue weighted by Gasteiger charge is 2.20. The van der Waals surface area contributed by atoms with Gasteiger partial charge in [0.15, 0.2) is 0 Å². The molecule has 0 aliphatic rings. The SMILES string of the molecule is CCOC(=O)C(C)Sc1cc(C(=O)Cl)c(F)cc1Cl. The van der Waals surface area contributed by atoms with E-state index in [4.69, 9.17) is 27.9 Å². The van der Waals surface area contributed by atoms with Gasteiger partial charge in [-0.25, -0.2) is 4.39 Å². The second kappa shape index (κ2) is 7.12. The molecule has 1 unspecified atom stereocenters. The first-order valence-corrected chi connectivity index (χ1v) is 7.02. The molecule has 104 valence electrons. The van der Waals surface area contributed by atoms with Crippen LogP contribution in [-0.2, 0) is 9.53 Å². The average molecular weight is 325 g/mol. The van der Waals surface area contributed by atoms with Gasteiger partial charge < -0.3 is 4.74 Å². The Morgan fingerprint density at radius 3 is 2.63 bits per heavy atom. The summed E-state index contributed by atoms with van der Waals surface area (Å²) in [6, 6.07) is 2.23. The molecule has 0 aliphatic carbocycles. The number of carbonyl (C=O) groups is 2. The maximum atomic E-state index is 13.4. The van der Waals surface area contributed by atoms with E-state index < -0.39 is 22.3 Å². The number of carbonyl (C=O) groups excluding carboxylic acids is 2. The smallest absolute Gasteiger partial charge is 0.319 e. The lowest BCUT2D eigenvalue weighted by atomic mass is 10.2. The fourth-order valence-electron chi connectivity index (χ4n) is 1.27. The number of benzene rings is 1. The molecule has 1 atom stereocenters. The van der Waals surface area contributed by atoms with Crippen LogP contribution in [-0.4, -0.2) is 23.1 Å². The molecule has 0 spiro atoms. The van der Waals surface area contributed by atoms with Gasteiger partial charge in [0.2, 0.25) is 0 Å². The molecule has 0 radical (unpaired) electrons. The lowest BCUT2D eigenvalue weighted by Crippen LogP contribution is -2.16. The molecule has 1 aromatic carbocycles. The van der Waals surface area contributed by atoms with Gasteiger partial charge in [0, 0.05) is 4.90 Å². The minimum absolute atomic E-state index is 0.111. The molecular weight excluding hydrogens is 314 g/mol. The minimum atomic E-state index is -0.917. The summed E-state index contributed by atoms with van der Waals surface area (Å²) in [6.07, 6.45) is 0. The molecule has 0 saturated carbocycles. The Bertz CT molecular complexity index is 508. The number of rotatable bonds is 5. The van der Waals surface area contributed by atoms with E-state index in [0.29, 0.717) is 4.90 Å². The van der Waals surface area contributed by atoms with E-state index in [-0.39, 0.29) is 17.2 Å². The van der Waals surface area contributed by atoms with E-state index >= 15 is 0 Å². The lowest BCUT2D eigenvalue weighted by molar-refractivity contribution is -0.142. The molecule has 1 rings (SSSR count). The van der Waals surface area contributed by atoms with Crippen molar-refractivity contribution in [3.63, 3.8) is 0 Å². The second-order valence-electron chi connectivity index (χ2n) is 3.55. The van der Waals surface area contributed by atoms with Crippen LogP contribution in [0.25, 0.3) is 0 Å². The first kappa shape index (κ1) is 16.3. The largest absolute Gasteiger partial charge is 0.465 e. The number of hydrogen-bond donors (Lipinski definition) is 0. The van der Waals surface area contributed by atoms with Crippen molar-refractivity contribution in [2.24, 2.45) is 0 Å². The topological polar surface area (TPSA) is 43.4 Å². The predicted octanol–water partition coefficient (Wildman–Crippen LogP) is 3.90. The lowest BCUT2D eigenvalue weighted by Gasteiger charge is -2.12. The summed E-state index contributed by atoms with van der Waals surface area (Å²) in [6.45, 7) is 3.60. The average Bonchev–Trinajstić information content (AvgIpc) is 2.32. The second-order valence-corrected chi connectivity index (χ2v) is 5.68. The Morgan fingerprint density at radius 1 is 1.47 bits per heavy atom. The van der Waals surface area contributed by atoms with E-state index in [0.717, 1.165) is 17.8 Å². The van der Waals surface area contributed by atoms with Crippen LogP contribution in [0.1, 0.15) is 24.2 Å². The fraction of sp³-hybridized carbons (Fsp3) is 0.333. The summed E-state index contributed by atoms with van der Waals surface area (Å²) in [4.78, 5) is 22.9. The van der Waals surface area contributed by atoms with Gasteiger partial charge in [-0.1, -0.05) is 11.6 Å². The number of hydrogen-bond acceptors (Lipinski definition) is 4. The van der Waals surface area contributed by atoms with E-state index in [2.05, 4.69) is 0 Å². The van der Waals surface area contributed by atoms with Gasteiger partial charge in [-0.3, -0.25) is 9.59 Å². The van der Waals surface area contributed by atoms with Gasteiger partial charge in [-0.2, -0.15) is 0 Å². The first-order valence-electron chi connectivity index (χ1n) is 5.39. The van der Waals surface area contributed by atoms with Gasteiger partial charge in [-0.05, 0) is 37.6 Å². The van der Waals surface area contributed by atoms with Crippen LogP contribution in [0.2, 0.25) is 5.02 Å². The quantitative estimate of drug-likeness (QED) is 0.468. The molecule has 0 bridgehead atoms. The van der Waals surface area contributed by atoms with Crippen LogP contribution in [0.3, 0.4) is 0 Å². The van der Waals surface area contributed by atoms with Crippen LogP contribution in [0.15, 0.2) is 17.0 Å². The van der Waals surface area contributed by atoms with E-state index in [9.17, 15) is 14.0 Å². The Kier molecular flexibility index (Phi) is 6.10. The zero-order chi connectivity index (χ0) is 14.6. The highest BCUT2D eigenvalue weighted by Crippen LogP contribution is 2.33. The molecule has 0 N–H and O–H groups in total. The van der Waals surface area contributed by atoms with Gasteiger partial charge in [-0.15, -0.1) is 11.8 Å². The highest BCUT2D eigenvalue weighted by molar-refractivity contribution is 8.00. The Labute approximate surface area is 124 Å². The van der Waals surface area contributed by atoms with Crippen molar-refractivity contribution in [1.82, 2.24) is 0 Å². The zero-order valence-corrected chi connectivity index (χ0v) is 12.5. The van der Waals surface area contributed by atoms with Crippen molar-refractivity contribution in [3.05, 3.63) is 28.5 Å². The summed E-state index contributed by atoms with van der Waals surface area (Å²) in [5.74, 6) is -1.20. The molecule has 7 heteroatoms. The van der Waals surface area contributed by atoms with Crippen molar-refractivity contribution in [2.45, 2.75) is 24.0 Å². The summed E-state index contributed by atoms with van der Waals surface area (Å²) in [7, 11) is 0. The molecule has 0 saturated heterocycles. The normalized spacial score (nSPS) is 12.1. The Balaban J connectivity index is 2.98. The van der Waals surface area contributed by atoms with Gasteiger partial charge >= 0.3 is 5.97 Å². The Morgan fingerprint density at radius 2 is 2.11 bits per heavy atom. The molecule has 0 aromatic heterocycles. The Hall–Kier alpha value is -0.780. The number of ether oxygens (including phenoxy) is 1.